The van der Waals surface area contributed by atoms with E-state index in [9.17, 15) is 9.59 Å². The quantitative estimate of drug-likeness (QED) is 0.621. The van der Waals surface area contributed by atoms with Gasteiger partial charge in [0.2, 0.25) is 0 Å². The van der Waals surface area contributed by atoms with Crippen molar-refractivity contribution in [2.75, 3.05) is 6.54 Å². The number of rotatable bonds is 5. The van der Waals surface area contributed by atoms with Gasteiger partial charge in [0, 0.05) is 19.0 Å². The van der Waals surface area contributed by atoms with Crippen molar-refractivity contribution >= 4 is 12.0 Å². The molecule has 6 nitrogen and oxygen atoms in total. The maximum atomic E-state index is 11.8. The number of carbonyl (C=O) groups is 2. The van der Waals surface area contributed by atoms with Gasteiger partial charge in [-0.05, 0) is 30.1 Å². The zero-order valence-electron chi connectivity index (χ0n) is 13.4. The molecule has 1 fully saturated rings. The summed E-state index contributed by atoms with van der Waals surface area (Å²) >= 11 is 0. The van der Waals surface area contributed by atoms with Crippen molar-refractivity contribution in [3.05, 3.63) is 0 Å². The number of hydrogen-bond acceptors (Lipinski definition) is 3. The highest BCUT2D eigenvalue weighted by Crippen LogP contribution is 2.45. The summed E-state index contributed by atoms with van der Waals surface area (Å²) in [5, 5.41) is 23.2. The molecular weight excluding hydrogens is 272 g/mol. The summed E-state index contributed by atoms with van der Waals surface area (Å²) in [4.78, 5) is 22.3. The van der Waals surface area contributed by atoms with Gasteiger partial charge in [-0.3, -0.25) is 0 Å². The van der Waals surface area contributed by atoms with Gasteiger partial charge >= 0.3 is 12.0 Å². The van der Waals surface area contributed by atoms with E-state index in [-0.39, 0.29) is 35.9 Å². The molecule has 0 saturated heterocycles. The molecule has 122 valence electrons. The van der Waals surface area contributed by atoms with E-state index in [1.165, 1.54) is 0 Å². The molecule has 1 atom stereocenters. The average molecular weight is 300 g/mol. The number of urea groups is 1. The molecule has 0 aromatic rings. The van der Waals surface area contributed by atoms with Crippen molar-refractivity contribution in [2.45, 2.75) is 65.5 Å². The maximum absolute atomic E-state index is 11.8. The monoisotopic (exact) mass is 300 g/mol. The second kappa shape index (κ2) is 6.64. The first-order chi connectivity index (χ1) is 9.51. The van der Waals surface area contributed by atoms with Crippen LogP contribution in [0.2, 0.25) is 0 Å². The van der Waals surface area contributed by atoms with Gasteiger partial charge in [-0.25, -0.2) is 9.59 Å². The van der Waals surface area contributed by atoms with Crippen LogP contribution in [0.5, 0.6) is 0 Å². The largest absolute Gasteiger partial charge is 0.479 e. The lowest BCUT2D eigenvalue weighted by atomic mass is 9.63. The molecule has 1 unspecified atom stereocenters. The molecule has 6 heteroatoms. The molecule has 2 amide bonds. The Hall–Kier alpha value is -1.30. The molecule has 1 saturated carbocycles. The molecule has 1 aliphatic carbocycles. The van der Waals surface area contributed by atoms with Crippen molar-refractivity contribution in [1.29, 1.82) is 0 Å². The van der Waals surface area contributed by atoms with Gasteiger partial charge < -0.3 is 20.8 Å². The topological polar surface area (TPSA) is 98.7 Å². The minimum Gasteiger partial charge on any atom is -0.479 e. The zero-order valence-corrected chi connectivity index (χ0v) is 13.4. The van der Waals surface area contributed by atoms with Crippen LogP contribution < -0.4 is 10.6 Å². The number of carboxylic acids is 1. The molecule has 0 aromatic carbocycles. The van der Waals surface area contributed by atoms with Crippen molar-refractivity contribution in [3.63, 3.8) is 0 Å². The highest BCUT2D eigenvalue weighted by atomic mass is 16.4. The summed E-state index contributed by atoms with van der Waals surface area (Å²) in [6, 6.07) is -0.181. The molecule has 0 radical (unpaired) electrons. The predicted molar refractivity (Wildman–Crippen MR) is 80.0 cm³/mol. The van der Waals surface area contributed by atoms with Crippen LogP contribution in [-0.4, -0.2) is 40.9 Å². The Morgan fingerprint density at radius 3 is 2.19 bits per heavy atom. The molecular formula is C15H28N2O4. The van der Waals surface area contributed by atoms with Crippen molar-refractivity contribution in [1.82, 2.24) is 10.6 Å². The zero-order chi connectivity index (χ0) is 16.3. The van der Waals surface area contributed by atoms with Crippen LogP contribution in [0.15, 0.2) is 0 Å². The number of aliphatic hydroxyl groups excluding tert-OH is 1. The molecule has 0 aliphatic heterocycles. The standard InChI is InChI=1S/C15H28N2O4/c1-14(2)7-10(8-15(3,4)9-14)17-13(21)16-6-5-11(18)12(19)20/h10-11,18H,5-9H2,1-4H3,(H,19,20)(H2,16,17,21). The van der Waals surface area contributed by atoms with Gasteiger partial charge in [0.15, 0.2) is 6.10 Å². The van der Waals surface area contributed by atoms with E-state index in [0.29, 0.717) is 0 Å². The first kappa shape index (κ1) is 17.8. The Bertz CT molecular complexity index is 377. The fourth-order valence-corrected chi connectivity index (χ4v) is 3.63. The number of carbonyl (C=O) groups excluding carboxylic acids is 1. The van der Waals surface area contributed by atoms with Gasteiger partial charge in [-0.2, -0.15) is 0 Å². The Morgan fingerprint density at radius 2 is 1.71 bits per heavy atom. The number of aliphatic hydroxyl groups is 1. The van der Waals surface area contributed by atoms with Crippen LogP contribution in [0, 0.1) is 10.8 Å². The maximum Gasteiger partial charge on any atom is 0.332 e. The van der Waals surface area contributed by atoms with Crippen LogP contribution in [0.1, 0.15) is 53.4 Å². The van der Waals surface area contributed by atoms with E-state index < -0.39 is 12.1 Å². The van der Waals surface area contributed by atoms with Crippen molar-refractivity contribution < 1.29 is 19.8 Å². The van der Waals surface area contributed by atoms with E-state index in [1.54, 1.807) is 0 Å². The first-order valence-electron chi connectivity index (χ1n) is 7.46. The molecule has 1 aliphatic rings. The van der Waals surface area contributed by atoms with Crippen LogP contribution in [-0.2, 0) is 4.79 Å². The molecule has 0 spiro atoms. The van der Waals surface area contributed by atoms with Crippen molar-refractivity contribution in [3.8, 4) is 0 Å². The minimum atomic E-state index is -1.43. The summed E-state index contributed by atoms with van der Waals surface area (Å²) in [6.45, 7) is 8.99. The highest BCUT2D eigenvalue weighted by Gasteiger charge is 2.38. The van der Waals surface area contributed by atoms with Gasteiger partial charge in [-0.15, -0.1) is 0 Å². The predicted octanol–water partition coefficient (Wildman–Crippen LogP) is 1.73. The van der Waals surface area contributed by atoms with Crippen LogP contribution in [0.4, 0.5) is 4.79 Å². The Balaban J connectivity index is 2.39. The third kappa shape index (κ3) is 6.33. The number of aliphatic carboxylic acids is 1. The Labute approximate surface area is 126 Å². The highest BCUT2D eigenvalue weighted by molar-refractivity contribution is 5.74. The first-order valence-corrected chi connectivity index (χ1v) is 7.46. The number of nitrogens with one attached hydrogen (secondary N) is 2. The fourth-order valence-electron chi connectivity index (χ4n) is 3.63. The summed E-state index contributed by atoms with van der Waals surface area (Å²) in [5.41, 5.74) is 0.387. The lowest BCUT2D eigenvalue weighted by Crippen LogP contribution is -2.49. The smallest absolute Gasteiger partial charge is 0.332 e. The van der Waals surface area contributed by atoms with E-state index in [1.807, 2.05) is 0 Å². The van der Waals surface area contributed by atoms with Gasteiger partial charge in [0.05, 0.1) is 0 Å². The van der Waals surface area contributed by atoms with E-state index in [4.69, 9.17) is 10.2 Å². The minimum absolute atomic E-state index is 0.00437. The summed E-state index contributed by atoms with van der Waals surface area (Å²) in [7, 11) is 0. The van der Waals surface area contributed by atoms with Crippen LogP contribution in [0.3, 0.4) is 0 Å². The van der Waals surface area contributed by atoms with E-state index in [0.717, 1.165) is 19.3 Å². The number of carboxylic acid groups (broad SMARTS) is 1. The third-order valence-corrected chi connectivity index (χ3v) is 3.88. The number of amides is 2. The van der Waals surface area contributed by atoms with E-state index in [2.05, 4.69) is 38.3 Å². The second-order valence-electron chi connectivity index (χ2n) is 7.65. The molecule has 0 bridgehead atoms. The fraction of sp³-hybridized carbons (Fsp3) is 0.867. The van der Waals surface area contributed by atoms with E-state index >= 15 is 0 Å². The molecule has 4 N–H and O–H groups in total. The third-order valence-electron chi connectivity index (χ3n) is 3.88. The van der Waals surface area contributed by atoms with Crippen LogP contribution >= 0.6 is 0 Å². The number of hydrogen-bond donors (Lipinski definition) is 4. The summed E-state index contributed by atoms with van der Waals surface area (Å²) < 4.78 is 0. The summed E-state index contributed by atoms with van der Waals surface area (Å²) in [5.74, 6) is -1.27. The second-order valence-corrected chi connectivity index (χ2v) is 7.65. The summed E-state index contributed by atoms with van der Waals surface area (Å²) in [6.07, 6.45) is 1.57. The SMILES string of the molecule is CC1(C)CC(NC(=O)NCCC(O)C(=O)O)CC(C)(C)C1. The van der Waals surface area contributed by atoms with Gasteiger partial charge in [0.1, 0.15) is 0 Å². The van der Waals surface area contributed by atoms with Crippen molar-refractivity contribution in [2.24, 2.45) is 10.8 Å². The average Bonchev–Trinajstić information content (AvgIpc) is 2.23. The molecule has 21 heavy (non-hydrogen) atoms. The Kier molecular flexibility index (Phi) is 5.61. The molecule has 0 aromatic heterocycles. The lowest BCUT2D eigenvalue weighted by Gasteiger charge is -2.45. The molecule has 0 heterocycles. The Morgan fingerprint density at radius 1 is 1.19 bits per heavy atom. The molecule has 1 rings (SSSR count). The van der Waals surface area contributed by atoms with Crippen LogP contribution in [0.25, 0.3) is 0 Å². The van der Waals surface area contributed by atoms with Gasteiger partial charge in [0.25, 0.3) is 0 Å². The van der Waals surface area contributed by atoms with Gasteiger partial charge in [-0.1, -0.05) is 27.7 Å². The lowest BCUT2D eigenvalue weighted by molar-refractivity contribution is -0.146. The normalized spacial score (nSPS) is 22.3.